The number of hydrogen-bond donors (Lipinski definition) is 0. The number of rotatable bonds is 5. The largest absolute Gasteiger partial charge is 0.337 e. The summed E-state index contributed by atoms with van der Waals surface area (Å²) < 4.78 is 28.8. The van der Waals surface area contributed by atoms with Gasteiger partial charge in [0.1, 0.15) is 17.3 Å². The van der Waals surface area contributed by atoms with E-state index < -0.39 is 11.6 Å². The van der Waals surface area contributed by atoms with Crippen LogP contribution in [0.5, 0.6) is 0 Å². The molecule has 0 aliphatic carbocycles. The Bertz CT molecular complexity index is 1180. The lowest BCUT2D eigenvalue weighted by molar-refractivity contribution is 0.0784. The molecule has 0 fully saturated rings. The van der Waals surface area contributed by atoms with Gasteiger partial charge in [0.25, 0.3) is 5.91 Å². The minimum atomic E-state index is -0.692. The van der Waals surface area contributed by atoms with Gasteiger partial charge in [-0.3, -0.25) is 9.78 Å². The normalized spacial score (nSPS) is 10.8. The summed E-state index contributed by atoms with van der Waals surface area (Å²) in [7, 11) is 1.57. The van der Waals surface area contributed by atoms with Crippen molar-refractivity contribution in [2.45, 2.75) is 6.54 Å². The fourth-order valence-corrected chi connectivity index (χ4v) is 3.14. The Kier molecular flexibility index (Phi) is 5.34. The SMILES string of the molecule is CN(Cc1ccc(F)cc1F)C(=O)c1cn(-c2ccccc2)nc1-c1cccnc1. The van der Waals surface area contributed by atoms with E-state index in [1.807, 2.05) is 36.4 Å². The van der Waals surface area contributed by atoms with Gasteiger partial charge in [0.15, 0.2) is 0 Å². The smallest absolute Gasteiger partial charge is 0.257 e. The molecule has 30 heavy (non-hydrogen) atoms. The Balaban J connectivity index is 1.71. The molecule has 0 aliphatic heterocycles. The highest BCUT2D eigenvalue weighted by molar-refractivity contribution is 5.99. The number of pyridine rings is 1. The van der Waals surface area contributed by atoms with Crippen LogP contribution in [0.3, 0.4) is 0 Å². The van der Waals surface area contributed by atoms with Crippen LogP contribution in [0.2, 0.25) is 0 Å². The van der Waals surface area contributed by atoms with Crippen molar-refractivity contribution in [1.29, 1.82) is 0 Å². The van der Waals surface area contributed by atoms with E-state index in [0.717, 1.165) is 11.8 Å². The average molecular weight is 404 g/mol. The van der Waals surface area contributed by atoms with Gasteiger partial charge in [-0.25, -0.2) is 13.5 Å². The number of aromatic nitrogens is 3. The Labute approximate surface area is 172 Å². The van der Waals surface area contributed by atoms with E-state index in [1.54, 1.807) is 36.4 Å². The lowest BCUT2D eigenvalue weighted by atomic mass is 10.1. The molecule has 2 aromatic heterocycles. The average Bonchev–Trinajstić information content (AvgIpc) is 3.22. The van der Waals surface area contributed by atoms with Crippen molar-refractivity contribution in [2.75, 3.05) is 7.05 Å². The van der Waals surface area contributed by atoms with Gasteiger partial charge in [-0.2, -0.15) is 5.10 Å². The van der Waals surface area contributed by atoms with Gasteiger partial charge in [0.05, 0.1) is 11.3 Å². The molecule has 0 radical (unpaired) electrons. The number of carbonyl (C=O) groups is 1. The van der Waals surface area contributed by atoms with Crippen LogP contribution in [0.1, 0.15) is 15.9 Å². The molecule has 0 aliphatic rings. The summed E-state index contributed by atoms with van der Waals surface area (Å²) in [6.07, 6.45) is 4.92. The molecule has 1 amide bonds. The van der Waals surface area contributed by atoms with E-state index in [2.05, 4.69) is 10.1 Å². The second kappa shape index (κ2) is 8.24. The molecule has 150 valence electrons. The van der Waals surface area contributed by atoms with E-state index in [0.29, 0.717) is 16.8 Å². The van der Waals surface area contributed by atoms with Crippen molar-refractivity contribution < 1.29 is 13.6 Å². The predicted octanol–water partition coefficient (Wildman–Crippen LogP) is 4.48. The summed E-state index contributed by atoms with van der Waals surface area (Å²) >= 11 is 0. The minimum Gasteiger partial charge on any atom is -0.337 e. The standard InChI is InChI=1S/C23H18F2N4O/c1-28(14-17-9-10-18(24)12-21(17)25)23(30)20-15-29(19-7-3-2-4-8-19)27-22(20)16-6-5-11-26-13-16/h2-13,15H,14H2,1H3. The van der Waals surface area contributed by atoms with Crippen LogP contribution in [0.15, 0.2) is 79.3 Å². The van der Waals surface area contributed by atoms with Crippen molar-refractivity contribution in [3.05, 3.63) is 102 Å². The molecular weight excluding hydrogens is 386 g/mol. The Hall–Kier alpha value is -3.87. The Morgan fingerprint density at radius 3 is 2.57 bits per heavy atom. The molecule has 0 saturated heterocycles. The first kappa shape index (κ1) is 19.4. The Morgan fingerprint density at radius 1 is 1.07 bits per heavy atom. The topological polar surface area (TPSA) is 51.0 Å². The number of benzene rings is 2. The zero-order chi connectivity index (χ0) is 21.1. The van der Waals surface area contributed by atoms with E-state index in [9.17, 15) is 13.6 Å². The van der Waals surface area contributed by atoms with Gasteiger partial charge in [0, 0.05) is 49.4 Å². The third-order valence-corrected chi connectivity index (χ3v) is 4.67. The van der Waals surface area contributed by atoms with Gasteiger partial charge in [-0.15, -0.1) is 0 Å². The fourth-order valence-electron chi connectivity index (χ4n) is 3.14. The zero-order valence-electron chi connectivity index (χ0n) is 16.2. The van der Waals surface area contributed by atoms with Crippen molar-refractivity contribution in [1.82, 2.24) is 19.7 Å². The van der Waals surface area contributed by atoms with Gasteiger partial charge in [-0.1, -0.05) is 24.3 Å². The van der Waals surface area contributed by atoms with Crippen molar-refractivity contribution in [3.8, 4) is 16.9 Å². The molecule has 0 bridgehead atoms. The minimum absolute atomic E-state index is 0.00601. The number of nitrogens with zero attached hydrogens (tertiary/aromatic N) is 4. The molecule has 0 saturated carbocycles. The molecule has 2 aromatic carbocycles. The van der Waals surface area contributed by atoms with Crippen LogP contribution in [-0.2, 0) is 6.54 Å². The molecule has 7 heteroatoms. The summed E-state index contributed by atoms with van der Waals surface area (Å²) in [6, 6.07) is 16.3. The zero-order valence-corrected chi connectivity index (χ0v) is 16.2. The van der Waals surface area contributed by atoms with Crippen molar-refractivity contribution >= 4 is 5.91 Å². The number of carbonyl (C=O) groups excluding carboxylic acids is 1. The summed E-state index contributed by atoms with van der Waals surface area (Å²) in [4.78, 5) is 18.7. The number of halogens is 2. The number of hydrogen-bond acceptors (Lipinski definition) is 3. The first-order chi connectivity index (χ1) is 14.5. The molecule has 4 aromatic rings. The molecule has 0 atom stereocenters. The molecule has 2 heterocycles. The summed E-state index contributed by atoms with van der Waals surface area (Å²) in [5.41, 5.74) is 2.55. The highest BCUT2D eigenvalue weighted by Crippen LogP contribution is 2.25. The maximum Gasteiger partial charge on any atom is 0.257 e. The van der Waals surface area contributed by atoms with Crippen LogP contribution in [0.4, 0.5) is 8.78 Å². The van der Waals surface area contributed by atoms with Crippen LogP contribution in [0.25, 0.3) is 16.9 Å². The quantitative estimate of drug-likeness (QED) is 0.493. The summed E-state index contributed by atoms with van der Waals surface area (Å²) in [5.74, 6) is -1.69. The third-order valence-electron chi connectivity index (χ3n) is 4.67. The Morgan fingerprint density at radius 2 is 1.87 bits per heavy atom. The number of para-hydroxylation sites is 1. The van der Waals surface area contributed by atoms with Crippen LogP contribution in [-0.4, -0.2) is 32.6 Å². The number of amides is 1. The van der Waals surface area contributed by atoms with Gasteiger partial charge >= 0.3 is 0 Å². The predicted molar refractivity (Wildman–Crippen MR) is 109 cm³/mol. The second-order valence-corrected chi connectivity index (χ2v) is 6.81. The monoisotopic (exact) mass is 404 g/mol. The van der Waals surface area contributed by atoms with Crippen molar-refractivity contribution in [3.63, 3.8) is 0 Å². The highest BCUT2D eigenvalue weighted by Gasteiger charge is 2.22. The first-order valence-corrected chi connectivity index (χ1v) is 9.28. The highest BCUT2D eigenvalue weighted by atomic mass is 19.1. The van der Waals surface area contributed by atoms with E-state index in [4.69, 9.17) is 0 Å². The lowest BCUT2D eigenvalue weighted by Gasteiger charge is -2.17. The van der Waals surface area contributed by atoms with Crippen molar-refractivity contribution in [2.24, 2.45) is 0 Å². The fraction of sp³-hybridized carbons (Fsp3) is 0.0870. The molecule has 0 unspecified atom stereocenters. The molecular formula is C23H18F2N4O. The van der Waals surface area contributed by atoms with Crippen LogP contribution < -0.4 is 0 Å². The third kappa shape index (κ3) is 3.96. The first-order valence-electron chi connectivity index (χ1n) is 9.28. The van der Waals surface area contributed by atoms with E-state index >= 15 is 0 Å². The van der Waals surface area contributed by atoms with E-state index in [1.165, 1.54) is 17.0 Å². The maximum absolute atomic E-state index is 14.0. The molecule has 0 N–H and O–H groups in total. The van der Waals surface area contributed by atoms with Gasteiger partial charge in [-0.05, 0) is 30.3 Å². The molecule has 4 rings (SSSR count). The van der Waals surface area contributed by atoms with Crippen LogP contribution in [0, 0.1) is 11.6 Å². The lowest BCUT2D eigenvalue weighted by Crippen LogP contribution is -2.26. The van der Waals surface area contributed by atoms with Gasteiger partial charge in [0.2, 0.25) is 0 Å². The summed E-state index contributed by atoms with van der Waals surface area (Å²) in [5, 5.41) is 4.60. The van der Waals surface area contributed by atoms with Gasteiger partial charge < -0.3 is 4.90 Å². The van der Waals surface area contributed by atoms with E-state index in [-0.39, 0.29) is 18.0 Å². The molecule has 5 nitrogen and oxygen atoms in total. The molecule has 0 spiro atoms. The second-order valence-electron chi connectivity index (χ2n) is 6.81. The summed E-state index contributed by atoms with van der Waals surface area (Å²) in [6.45, 7) is -0.00601. The van der Waals surface area contributed by atoms with Crippen LogP contribution >= 0.6 is 0 Å². The maximum atomic E-state index is 14.0.